The van der Waals surface area contributed by atoms with Crippen LogP contribution in [0.5, 0.6) is 0 Å². The first-order valence-corrected chi connectivity index (χ1v) is 11.2. The molecule has 0 aliphatic heterocycles. The third-order valence-electron chi connectivity index (χ3n) is 4.38. The van der Waals surface area contributed by atoms with E-state index in [1.165, 1.54) is 0 Å². The lowest BCUT2D eigenvalue weighted by molar-refractivity contribution is -0.0722. The zero-order valence-electron chi connectivity index (χ0n) is 14.2. The van der Waals surface area contributed by atoms with Gasteiger partial charge in [0.1, 0.15) is 20.3 Å². The van der Waals surface area contributed by atoms with Gasteiger partial charge in [-0.25, -0.2) is 0 Å². The van der Waals surface area contributed by atoms with Crippen molar-refractivity contribution in [2.24, 2.45) is 0 Å². The molecule has 3 atom stereocenters. The van der Waals surface area contributed by atoms with E-state index in [0.717, 1.165) is 10.8 Å². The Bertz CT molecular complexity index is 603. The van der Waals surface area contributed by atoms with Gasteiger partial charge in [-0.3, -0.25) is 0 Å². The van der Waals surface area contributed by atoms with Crippen LogP contribution in [0.3, 0.4) is 0 Å². The SMILES string of the molecule is C[Si](C)(c1ccccc1)[C@@H](O)[C@H](O)[C@@H](O)COCc1ccccc1. The van der Waals surface area contributed by atoms with E-state index < -0.39 is 26.0 Å². The number of rotatable bonds is 8. The lowest BCUT2D eigenvalue weighted by atomic mass is 10.2. The van der Waals surface area contributed by atoms with E-state index in [1.807, 2.05) is 73.8 Å². The summed E-state index contributed by atoms with van der Waals surface area (Å²) in [6.07, 6.45) is -2.36. The Labute approximate surface area is 144 Å². The van der Waals surface area contributed by atoms with Gasteiger partial charge in [0, 0.05) is 0 Å². The second-order valence-electron chi connectivity index (χ2n) is 6.59. The summed E-state index contributed by atoms with van der Waals surface area (Å²) in [5, 5.41) is 32.1. The van der Waals surface area contributed by atoms with Crippen LogP contribution in [0.25, 0.3) is 0 Å². The highest BCUT2D eigenvalue weighted by Crippen LogP contribution is 2.15. The second kappa shape index (κ2) is 8.55. The number of hydrogen-bond acceptors (Lipinski definition) is 4. The molecule has 0 aliphatic rings. The third kappa shape index (κ3) is 4.75. The summed E-state index contributed by atoms with van der Waals surface area (Å²) in [7, 11) is -2.32. The smallest absolute Gasteiger partial charge is 0.116 e. The van der Waals surface area contributed by atoms with Crippen LogP contribution in [-0.4, -0.2) is 47.9 Å². The molecule has 24 heavy (non-hydrogen) atoms. The van der Waals surface area contributed by atoms with Crippen LogP contribution < -0.4 is 5.19 Å². The zero-order valence-corrected chi connectivity index (χ0v) is 15.2. The molecule has 130 valence electrons. The molecule has 0 saturated heterocycles. The summed E-state index contributed by atoms with van der Waals surface area (Å²) >= 11 is 0. The maximum atomic E-state index is 10.6. The molecule has 0 spiro atoms. The molecule has 0 unspecified atom stereocenters. The van der Waals surface area contributed by atoms with Gasteiger partial charge < -0.3 is 20.1 Å². The van der Waals surface area contributed by atoms with Crippen molar-refractivity contribution >= 4 is 13.3 Å². The lowest BCUT2D eigenvalue weighted by Crippen LogP contribution is -2.60. The standard InChI is InChI=1S/C19H26O4Si/c1-24(2,16-11-7-4-8-12-16)19(22)18(21)17(20)14-23-13-15-9-5-3-6-10-15/h3-12,17-22H,13-14H2,1-2H3/t17-,18+,19+/m0/s1. The monoisotopic (exact) mass is 346 g/mol. The van der Waals surface area contributed by atoms with E-state index in [1.54, 1.807) is 0 Å². The van der Waals surface area contributed by atoms with Crippen LogP contribution in [0.2, 0.25) is 13.1 Å². The maximum absolute atomic E-state index is 10.6. The normalized spacial score (nSPS) is 15.7. The van der Waals surface area contributed by atoms with Crippen molar-refractivity contribution < 1.29 is 20.1 Å². The predicted molar refractivity (Wildman–Crippen MR) is 97.7 cm³/mol. The van der Waals surface area contributed by atoms with Gasteiger partial charge in [-0.2, -0.15) is 0 Å². The first kappa shape index (κ1) is 18.8. The first-order valence-electron chi connectivity index (χ1n) is 8.14. The molecule has 4 nitrogen and oxygen atoms in total. The molecule has 0 radical (unpaired) electrons. The minimum atomic E-state index is -2.32. The van der Waals surface area contributed by atoms with Gasteiger partial charge in [0.15, 0.2) is 0 Å². The van der Waals surface area contributed by atoms with Gasteiger partial charge in [0.05, 0.1) is 18.9 Å². The Morgan fingerprint density at radius 1 is 0.875 bits per heavy atom. The van der Waals surface area contributed by atoms with Gasteiger partial charge in [-0.1, -0.05) is 78.9 Å². The van der Waals surface area contributed by atoms with E-state index in [-0.39, 0.29) is 6.61 Å². The Kier molecular flexibility index (Phi) is 6.71. The number of hydrogen-bond donors (Lipinski definition) is 3. The molecular formula is C19H26O4Si. The van der Waals surface area contributed by atoms with Gasteiger partial charge in [-0.05, 0) is 5.56 Å². The molecule has 2 rings (SSSR count). The average molecular weight is 346 g/mol. The molecule has 3 N–H and O–H groups in total. The number of benzene rings is 2. The van der Waals surface area contributed by atoms with Gasteiger partial charge in [0.25, 0.3) is 0 Å². The first-order chi connectivity index (χ1) is 11.4. The topological polar surface area (TPSA) is 69.9 Å². The molecule has 2 aromatic rings. The van der Waals surface area contributed by atoms with Crippen molar-refractivity contribution in [3.8, 4) is 0 Å². The van der Waals surface area contributed by atoms with E-state index in [4.69, 9.17) is 4.74 Å². The molecule has 2 aromatic carbocycles. The molecule has 0 bridgehead atoms. The van der Waals surface area contributed by atoms with Crippen molar-refractivity contribution in [3.05, 3.63) is 66.2 Å². The summed E-state index contributed by atoms with van der Waals surface area (Å²) < 4.78 is 5.47. The van der Waals surface area contributed by atoms with Crippen molar-refractivity contribution in [3.63, 3.8) is 0 Å². The Hall–Kier alpha value is -1.50. The van der Waals surface area contributed by atoms with Crippen molar-refractivity contribution in [1.82, 2.24) is 0 Å². The number of ether oxygens (including phenoxy) is 1. The Morgan fingerprint density at radius 2 is 1.42 bits per heavy atom. The largest absolute Gasteiger partial charge is 0.393 e. The summed E-state index contributed by atoms with van der Waals surface area (Å²) in [5.74, 6) is 0. The summed E-state index contributed by atoms with van der Waals surface area (Å²) in [6.45, 7) is 4.30. The summed E-state index contributed by atoms with van der Waals surface area (Å²) in [5.41, 5.74) is 0.0222. The highest BCUT2D eigenvalue weighted by atomic mass is 28.3. The molecule has 5 heteroatoms. The highest BCUT2D eigenvalue weighted by molar-refractivity contribution is 6.90. The van der Waals surface area contributed by atoms with Gasteiger partial charge >= 0.3 is 0 Å². The molecule has 0 aliphatic carbocycles. The fraction of sp³-hybridized carbons (Fsp3) is 0.368. The van der Waals surface area contributed by atoms with Crippen LogP contribution in [0.4, 0.5) is 0 Å². The van der Waals surface area contributed by atoms with E-state index in [9.17, 15) is 15.3 Å². The quantitative estimate of drug-likeness (QED) is 0.633. The van der Waals surface area contributed by atoms with E-state index in [2.05, 4.69) is 0 Å². The van der Waals surface area contributed by atoms with Crippen molar-refractivity contribution in [2.45, 2.75) is 37.6 Å². The van der Waals surface area contributed by atoms with E-state index >= 15 is 0 Å². The maximum Gasteiger partial charge on any atom is 0.116 e. The fourth-order valence-electron chi connectivity index (χ4n) is 2.65. The van der Waals surface area contributed by atoms with Crippen LogP contribution >= 0.6 is 0 Å². The number of aliphatic hydroxyl groups is 3. The Morgan fingerprint density at radius 3 is 2.00 bits per heavy atom. The fourth-order valence-corrected chi connectivity index (χ4v) is 5.12. The average Bonchev–Trinajstić information content (AvgIpc) is 2.62. The van der Waals surface area contributed by atoms with Crippen molar-refractivity contribution in [2.75, 3.05) is 6.61 Å². The second-order valence-corrected chi connectivity index (χ2v) is 11.2. The lowest BCUT2D eigenvalue weighted by Gasteiger charge is -2.34. The third-order valence-corrected chi connectivity index (χ3v) is 8.02. The van der Waals surface area contributed by atoms with Gasteiger partial charge in [0.2, 0.25) is 0 Å². The van der Waals surface area contributed by atoms with Crippen LogP contribution in [0.15, 0.2) is 60.7 Å². The molecule has 0 heterocycles. The van der Waals surface area contributed by atoms with Crippen molar-refractivity contribution in [1.29, 1.82) is 0 Å². The molecule has 0 fully saturated rings. The predicted octanol–water partition coefficient (Wildman–Crippen LogP) is 1.44. The zero-order chi connectivity index (χ0) is 17.6. The minimum Gasteiger partial charge on any atom is -0.393 e. The van der Waals surface area contributed by atoms with Crippen LogP contribution in [0.1, 0.15) is 5.56 Å². The highest BCUT2D eigenvalue weighted by Gasteiger charge is 2.39. The van der Waals surface area contributed by atoms with Crippen LogP contribution in [-0.2, 0) is 11.3 Å². The number of aliphatic hydroxyl groups excluding tert-OH is 3. The van der Waals surface area contributed by atoms with Gasteiger partial charge in [-0.15, -0.1) is 0 Å². The molecule has 0 aromatic heterocycles. The van der Waals surface area contributed by atoms with Crippen LogP contribution in [0, 0.1) is 0 Å². The molecular weight excluding hydrogens is 320 g/mol. The minimum absolute atomic E-state index is 0.0214. The summed E-state index contributed by atoms with van der Waals surface area (Å²) in [4.78, 5) is 0. The summed E-state index contributed by atoms with van der Waals surface area (Å²) in [6, 6.07) is 19.3. The molecule has 0 saturated carbocycles. The Balaban J connectivity index is 1.90. The molecule has 0 amide bonds. The van der Waals surface area contributed by atoms with E-state index in [0.29, 0.717) is 6.61 Å².